The number of carbonyl (C=O) groups excluding carboxylic acids is 1. The van der Waals surface area contributed by atoms with Crippen LogP contribution in [0.15, 0.2) is 20.7 Å². The summed E-state index contributed by atoms with van der Waals surface area (Å²) in [7, 11) is 0. The van der Waals surface area contributed by atoms with Crippen LogP contribution in [0.2, 0.25) is 0 Å². The van der Waals surface area contributed by atoms with Gasteiger partial charge in [-0.25, -0.2) is 4.79 Å². The van der Waals surface area contributed by atoms with Crippen LogP contribution in [0.25, 0.3) is 5.57 Å². The third kappa shape index (κ3) is 3.22. The van der Waals surface area contributed by atoms with Crippen LogP contribution in [0.3, 0.4) is 0 Å². The van der Waals surface area contributed by atoms with E-state index in [0.717, 1.165) is 0 Å². The van der Waals surface area contributed by atoms with E-state index in [-0.39, 0.29) is 39.4 Å². The Bertz CT molecular complexity index is 551. The fourth-order valence-corrected chi connectivity index (χ4v) is 2.79. The van der Waals surface area contributed by atoms with Gasteiger partial charge in [0.2, 0.25) is 0 Å². The van der Waals surface area contributed by atoms with Crippen molar-refractivity contribution in [1.29, 1.82) is 0 Å². The molecule has 0 saturated heterocycles. The van der Waals surface area contributed by atoms with E-state index in [0.29, 0.717) is 4.47 Å². The molecular formula is C12H13Br2NO4. The second-order valence-electron chi connectivity index (χ2n) is 3.69. The molecule has 1 aromatic carbocycles. The van der Waals surface area contributed by atoms with Crippen LogP contribution >= 0.6 is 31.9 Å². The summed E-state index contributed by atoms with van der Waals surface area (Å²) in [6.45, 7) is 3.35. The fraction of sp³-hybridized carbons (Fsp3) is 0.250. The molecule has 1 rings (SSSR count). The number of rotatable bonds is 3. The molecule has 0 spiro atoms. The third-order valence-corrected chi connectivity index (χ3v) is 3.67. The molecular weight excluding hydrogens is 382 g/mol. The summed E-state index contributed by atoms with van der Waals surface area (Å²) in [5, 5.41) is 19.8. The normalized spacial score (nSPS) is 12.0. The van der Waals surface area contributed by atoms with Crippen molar-refractivity contribution < 1.29 is 19.7 Å². The number of nitrogens with two attached hydrogens (primary N) is 1. The van der Waals surface area contributed by atoms with E-state index in [4.69, 9.17) is 10.5 Å². The zero-order chi connectivity index (χ0) is 14.7. The smallest absolute Gasteiger partial charge is 0.340 e. The van der Waals surface area contributed by atoms with E-state index in [1.807, 2.05) is 0 Å². The van der Waals surface area contributed by atoms with Gasteiger partial charge in [0.15, 0.2) is 0 Å². The first-order valence-electron chi connectivity index (χ1n) is 5.35. The van der Waals surface area contributed by atoms with Gasteiger partial charge in [0.25, 0.3) is 0 Å². The summed E-state index contributed by atoms with van der Waals surface area (Å²) >= 11 is 6.21. The Balaban J connectivity index is 3.55. The standard InChI is InChI=1S/C12H13Br2NO4/c1-3-19-12(18)8(5(2)15)9-7(16)4-6(13)11(17)10(9)14/h4,16-17H,3,15H2,1-2H3. The quantitative estimate of drug-likeness (QED) is 0.416. The number of halogens is 2. The second-order valence-corrected chi connectivity index (χ2v) is 5.34. The molecule has 104 valence electrons. The van der Waals surface area contributed by atoms with Crippen molar-refractivity contribution >= 4 is 43.4 Å². The number of ether oxygens (including phenoxy) is 1. The minimum atomic E-state index is -0.666. The summed E-state index contributed by atoms with van der Waals surface area (Å²) in [6, 6.07) is 1.28. The first-order valence-corrected chi connectivity index (χ1v) is 6.93. The van der Waals surface area contributed by atoms with Crippen LogP contribution in [0.5, 0.6) is 11.5 Å². The second kappa shape index (κ2) is 6.29. The maximum Gasteiger partial charge on any atom is 0.340 e. The minimum Gasteiger partial charge on any atom is -0.507 e. The lowest BCUT2D eigenvalue weighted by Gasteiger charge is -2.14. The predicted octanol–water partition coefficient (Wildman–Crippen LogP) is 2.88. The Morgan fingerprint density at radius 3 is 2.47 bits per heavy atom. The Labute approximate surface area is 127 Å². The first-order chi connectivity index (χ1) is 8.81. The number of hydrogen-bond donors (Lipinski definition) is 3. The number of hydrogen-bond acceptors (Lipinski definition) is 5. The molecule has 5 nitrogen and oxygen atoms in total. The highest BCUT2D eigenvalue weighted by molar-refractivity contribution is 9.11. The van der Waals surface area contributed by atoms with Gasteiger partial charge < -0.3 is 20.7 Å². The summed E-state index contributed by atoms with van der Waals surface area (Å²) in [4.78, 5) is 11.9. The average Bonchev–Trinajstić information content (AvgIpc) is 2.31. The lowest BCUT2D eigenvalue weighted by Crippen LogP contribution is -2.12. The number of aromatic hydroxyl groups is 2. The fourth-order valence-electron chi connectivity index (χ4n) is 1.50. The van der Waals surface area contributed by atoms with E-state index < -0.39 is 5.97 Å². The third-order valence-electron chi connectivity index (χ3n) is 2.30. The van der Waals surface area contributed by atoms with Crippen molar-refractivity contribution in [2.75, 3.05) is 6.61 Å². The average molecular weight is 395 g/mol. The van der Waals surface area contributed by atoms with Crippen molar-refractivity contribution in [2.45, 2.75) is 13.8 Å². The number of phenols is 2. The van der Waals surface area contributed by atoms with E-state index in [9.17, 15) is 15.0 Å². The zero-order valence-electron chi connectivity index (χ0n) is 10.3. The van der Waals surface area contributed by atoms with Crippen LogP contribution in [0, 0.1) is 0 Å². The maximum absolute atomic E-state index is 11.9. The molecule has 19 heavy (non-hydrogen) atoms. The molecule has 0 aliphatic heterocycles. The molecule has 0 aliphatic rings. The molecule has 0 heterocycles. The van der Waals surface area contributed by atoms with Gasteiger partial charge >= 0.3 is 5.97 Å². The van der Waals surface area contributed by atoms with Crippen LogP contribution in [-0.4, -0.2) is 22.8 Å². The van der Waals surface area contributed by atoms with Crippen molar-refractivity contribution in [1.82, 2.24) is 0 Å². The molecule has 0 atom stereocenters. The SMILES string of the molecule is CCOC(=O)C(=C(C)N)c1c(O)cc(Br)c(O)c1Br. The number of phenolic OH excluding ortho intramolecular Hbond substituents is 2. The largest absolute Gasteiger partial charge is 0.507 e. The Morgan fingerprint density at radius 2 is 2.00 bits per heavy atom. The molecule has 0 saturated carbocycles. The summed E-state index contributed by atoms with van der Waals surface area (Å²) in [5.74, 6) is -1.01. The van der Waals surface area contributed by atoms with Gasteiger partial charge in [-0.05, 0) is 51.8 Å². The van der Waals surface area contributed by atoms with Crippen LogP contribution < -0.4 is 5.73 Å². The Morgan fingerprint density at radius 1 is 1.42 bits per heavy atom. The molecule has 0 radical (unpaired) electrons. The van der Waals surface area contributed by atoms with E-state index in [2.05, 4.69) is 31.9 Å². The Hall–Kier alpha value is -1.21. The summed E-state index contributed by atoms with van der Waals surface area (Å²) in [6.07, 6.45) is 0. The summed E-state index contributed by atoms with van der Waals surface area (Å²) < 4.78 is 5.35. The highest BCUT2D eigenvalue weighted by Gasteiger charge is 2.24. The number of benzene rings is 1. The van der Waals surface area contributed by atoms with Gasteiger partial charge in [-0.3, -0.25) is 0 Å². The van der Waals surface area contributed by atoms with E-state index in [1.54, 1.807) is 6.92 Å². The Kier molecular flexibility index (Phi) is 5.25. The van der Waals surface area contributed by atoms with Crippen LogP contribution in [0.4, 0.5) is 0 Å². The number of esters is 1. The van der Waals surface area contributed by atoms with Gasteiger partial charge in [-0.15, -0.1) is 0 Å². The molecule has 1 aromatic rings. The lowest BCUT2D eigenvalue weighted by atomic mass is 10.0. The van der Waals surface area contributed by atoms with E-state index >= 15 is 0 Å². The zero-order valence-corrected chi connectivity index (χ0v) is 13.5. The maximum atomic E-state index is 11.9. The van der Waals surface area contributed by atoms with Crippen LogP contribution in [-0.2, 0) is 9.53 Å². The highest BCUT2D eigenvalue weighted by Crippen LogP contribution is 2.43. The monoisotopic (exact) mass is 393 g/mol. The number of allylic oxidation sites excluding steroid dienone is 1. The highest BCUT2D eigenvalue weighted by atomic mass is 79.9. The van der Waals surface area contributed by atoms with Crippen molar-refractivity contribution in [3.05, 3.63) is 26.3 Å². The molecule has 4 N–H and O–H groups in total. The molecule has 0 unspecified atom stereocenters. The van der Waals surface area contributed by atoms with Gasteiger partial charge in [-0.1, -0.05) is 0 Å². The number of carbonyl (C=O) groups is 1. The summed E-state index contributed by atoms with van der Waals surface area (Å²) in [5.41, 5.74) is 5.96. The first kappa shape index (κ1) is 15.8. The molecule has 0 amide bonds. The van der Waals surface area contributed by atoms with Gasteiger partial charge in [-0.2, -0.15) is 0 Å². The molecule has 0 fully saturated rings. The van der Waals surface area contributed by atoms with Gasteiger partial charge in [0.05, 0.1) is 26.7 Å². The molecule has 7 heteroatoms. The topological polar surface area (TPSA) is 92.8 Å². The minimum absolute atomic E-state index is 0.00836. The van der Waals surface area contributed by atoms with Gasteiger partial charge in [0, 0.05) is 5.70 Å². The van der Waals surface area contributed by atoms with Crippen molar-refractivity contribution in [3.63, 3.8) is 0 Å². The van der Waals surface area contributed by atoms with Crippen molar-refractivity contribution in [3.8, 4) is 11.5 Å². The van der Waals surface area contributed by atoms with E-state index in [1.165, 1.54) is 13.0 Å². The lowest BCUT2D eigenvalue weighted by molar-refractivity contribution is -0.136. The van der Waals surface area contributed by atoms with Crippen molar-refractivity contribution in [2.24, 2.45) is 5.73 Å². The van der Waals surface area contributed by atoms with Crippen LogP contribution in [0.1, 0.15) is 19.4 Å². The molecule has 0 aromatic heterocycles. The predicted molar refractivity (Wildman–Crippen MR) is 78.6 cm³/mol. The van der Waals surface area contributed by atoms with Gasteiger partial charge in [0.1, 0.15) is 11.5 Å². The molecule has 0 bridgehead atoms. The molecule has 0 aliphatic carbocycles.